The van der Waals surface area contributed by atoms with Crippen LogP contribution in [-0.2, 0) is 6.42 Å². The predicted molar refractivity (Wildman–Crippen MR) is 125 cm³/mol. The Morgan fingerprint density at radius 3 is 2.33 bits per heavy atom. The summed E-state index contributed by atoms with van der Waals surface area (Å²) in [6, 6.07) is 13.6. The van der Waals surface area contributed by atoms with Gasteiger partial charge in [-0.15, -0.1) is 0 Å². The molecule has 1 unspecified atom stereocenters. The molecule has 4 N–H and O–H groups in total. The number of nitrogen functional groups attached to an aromatic ring is 1. The minimum Gasteiger partial charge on any atom is -0.399 e. The number of anilines is 1. The average Bonchev–Trinajstić information content (AvgIpc) is 2.73. The molecule has 0 amide bonds. The molecule has 2 aromatic carbocycles. The smallest absolute Gasteiger partial charge is 0.150 e. The number of benzene rings is 2. The number of nitrogens with two attached hydrogens (primary N) is 1. The molecule has 164 valence electrons. The highest BCUT2D eigenvalue weighted by Crippen LogP contribution is 2.14. The van der Waals surface area contributed by atoms with Crippen LogP contribution in [0.2, 0.25) is 0 Å². The van der Waals surface area contributed by atoms with Crippen molar-refractivity contribution in [2.45, 2.75) is 39.0 Å². The van der Waals surface area contributed by atoms with Gasteiger partial charge in [0, 0.05) is 23.5 Å². The van der Waals surface area contributed by atoms with E-state index in [1.165, 1.54) is 31.2 Å². The number of unbranched alkanes of at least 4 members (excludes halogenated alkanes) is 1. The van der Waals surface area contributed by atoms with Crippen LogP contribution in [0.15, 0.2) is 60.8 Å². The molecule has 2 rings (SSSR count). The van der Waals surface area contributed by atoms with Gasteiger partial charge in [0.1, 0.15) is 12.1 Å². The molecule has 0 aliphatic rings. The zero-order chi connectivity index (χ0) is 22.2. The summed E-state index contributed by atoms with van der Waals surface area (Å²) in [7, 11) is 2.01. The molecule has 0 bridgehead atoms. The van der Waals surface area contributed by atoms with E-state index in [0.717, 1.165) is 31.5 Å². The van der Waals surface area contributed by atoms with Gasteiger partial charge in [0.05, 0.1) is 0 Å². The minimum atomic E-state index is -0.155. The number of halogens is 1. The summed E-state index contributed by atoms with van der Waals surface area (Å²) in [4.78, 5) is 10.1. The number of carbonyl (C=O) groups is 1. The van der Waals surface area contributed by atoms with Crippen LogP contribution in [0, 0.1) is 11.7 Å². The van der Waals surface area contributed by atoms with Crippen molar-refractivity contribution in [3.8, 4) is 0 Å². The molecular formula is C25H36FN3O. The first kappa shape index (κ1) is 25.4. The Kier molecular flexibility index (Phi) is 12.9. The van der Waals surface area contributed by atoms with Crippen molar-refractivity contribution in [3.63, 3.8) is 0 Å². The standard InChI is InChI=1S/C18H29FN2.C7H7NO/c1-15(2)21-13-12-17(14-20-3)7-5-4-6-16-8-10-18(19)11-9-16;8-7-3-1-6(5-9)2-4-7/h8-11,17,20-21H,1,4-7,12-14H2,2-3H3;1-5H,8H2. The Hall–Kier alpha value is -2.66. The maximum absolute atomic E-state index is 12.8. The molecule has 0 aliphatic heterocycles. The Labute approximate surface area is 180 Å². The van der Waals surface area contributed by atoms with E-state index in [4.69, 9.17) is 5.73 Å². The summed E-state index contributed by atoms with van der Waals surface area (Å²) in [5, 5.41) is 6.58. The zero-order valence-electron chi connectivity index (χ0n) is 18.3. The number of aldehydes is 1. The summed E-state index contributed by atoms with van der Waals surface area (Å²) in [6.07, 6.45) is 6.62. The van der Waals surface area contributed by atoms with Crippen LogP contribution in [0.1, 0.15) is 48.5 Å². The van der Waals surface area contributed by atoms with Crippen LogP contribution in [0.3, 0.4) is 0 Å². The van der Waals surface area contributed by atoms with Gasteiger partial charge in [0.25, 0.3) is 0 Å². The molecule has 0 fully saturated rings. The highest BCUT2D eigenvalue weighted by Gasteiger charge is 2.07. The lowest BCUT2D eigenvalue weighted by Crippen LogP contribution is -2.23. The van der Waals surface area contributed by atoms with Crippen LogP contribution in [0.4, 0.5) is 10.1 Å². The van der Waals surface area contributed by atoms with Crippen molar-refractivity contribution in [2.24, 2.45) is 5.92 Å². The molecule has 0 spiro atoms. The van der Waals surface area contributed by atoms with Gasteiger partial charge in [-0.1, -0.05) is 25.1 Å². The largest absolute Gasteiger partial charge is 0.399 e. The van der Waals surface area contributed by atoms with Crippen molar-refractivity contribution < 1.29 is 9.18 Å². The molecule has 1 atom stereocenters. The molecule has 0 saturated carbocycles. The maximum Gasteiger partial charge on any atom is 0.150 e. The normalized spacial score (nSPS) is 11.2. The lowest BCUT2D eigenvalue weighted by molar-refractivity contribution is 0.112. The first-order valence-corrected chi connectivity index (χ1v) is 10.5. The second-order valence-corrected chi connectivity index (χ2v) is 7.58. The number of hydrogen-bond acceptors (Lipinski definition) is 4. The fourth-order valence-corrected chi connectivity index (χ4v) is 3.11. The number of carbonyl (C=O) groups excluding carboxylic acids is 1. The van der Waals surface area contributed by atoms with Gasteiger partial charge in [-0.05, 0) is 94.1 Å². The van der Waals surface area contributed by atoms with E-state index in [1.54, 1.807) is 36.4 Å². The van der Waals surface area contributed by atoms with E-state index in [2.05, 4.69) is 17.2 Å². The van der Waals surface area contributed by atoms with Gasteiger partial charge in [-0.3, -0.25) is 4.79 Å². The number of allylic oxidation sites excluding steroid dienone is 1. The van der Waals surface area contributed by atoms with Gasteiger partial charge in [0.15, 0.2) is 0 Å². The molecular weight excluding hydrogens is 377 g/mol. The zero-order valence-corrected chi connectivity index (χ0v) is 18.3. The SMILES string of the molecule is C=C(C)NCCC(CCCCc1ccc(F)cc1)CNC.Nc1ccc(C=O)cc1. The highest BCUT2D eigenvalue weighted by molar-refractivity contribution is 5.75. The van der Waals surface area contributed by atoms with E-state index in [-0.39, 0.29) is 5.82 Å². The van der Waals surface area contributed by atoms with Crippen molar-refractivity contribution >= 4 is 12.0 Å². The molecule has 0 saturated heterocycles. The third-order valence-corrected chi connectivity index (χ3v) is 4.79. The second kappa shape index (κ2) is 15.2. The molecule has 30 heavy (non-hydrogen) atoms. The van der Waals surface area contributed by atoms with Crippen LogP contribution in [0.25, 0.3) is 0 Å². The summed E-state index contributed by atoms with van der Waals surface area (Å²) in [6.45, 7) is 7.92. The minimum absolute atomic E-state index is 0.155. The van der Waals surface area contributed by atoms with Crippen LogP contribution >= 0.6 is 0 Å². The molecule has 0 aliphatic carbocycles. The van der Waals surface area contributed by atoms with Crippen LogP contribution < -0.4 is 16.4 Å². The fraction of sp³-hybridized carbons (Fsp3) is 0.400. The van der Waals surface area contributed by atoms with Crippen LogP contribution in [-0.4, -0.2) is 26.4 Å². The third kappa shape index (κ3) is 12.0. The first-order chi connectivity index (χ1) is 14.4. The van der Waals surface area contributed by atoms with Crippen molar-refractivity contribution in [2.75, 3.05) is 25.9 Å². The topological polar surface area (TPSA) is 67.2 Å². The molecule has 4 nitrogen and oxygen atoms in total. The van der Waals surface area contributed by atoms with E-state index in [9.17, 15) is 9.18 Å². The number of nitrogens with one attached hydrogen (secondary N) is 2. The fourth-order valence-electron chi connectivity index (χ4n) is 3.11. The van der Waals surface area contributed by atoms with Crippen molar-refractivity contribution in [1.82, 2.24) is 10.6 Å². The summed E-state index contributed by atoms with van der Waals surface area (Å²) < 4.78 is 12.8. The lowest BCUT2D eigenvalue weighted by Gasteiger charge is -2.17. The molecule has 2 aromatic rings. The Morgan fingerprint density at radius 2 is 1.77 bits per heavy atom. The third-order valence-electron chi connectivity index (χ3n) is 4.79. The van der Waals surface area contributed by atoms with E-state index >= 15 is 0 Å². The Bertz CT molecular complexity index is 729. The van der Waals surface area contributed by atoms with Gasteiger partial charge in [0.2, 0.25) is 0 Å². The quantitative estimate of drug-likeness (QED) is 0.261. The number of rotatable bonds is 12. The van der Waals surface area contributed by atoms with Crippen LogP contribution in [0.5, 0.6) is 0 Å². The predicted octanol–water partition coefficient (Wildman–Crippen LogP) is 4.97. The molecule has 0 heterocycles. The average molecular weight is 414 g/mol. The Morgan fingerprint density at radius 1 is 1.10 bits per heavy atom. The molecule has 0 radical (unpaired) electrons. The highest BCUT2D eigenvalue weighted by atomic mass is 19.1. The van der Waals surface area contributed by atoms with Crippen molar-refractivity contribution in [3.05, 3.63) is 77.8 Å². The Balaban J connectivity index is 0.000000414. The summed E-state index contributed by atoms with van der Waals surface area (Å²) in [5.41, 5.74) is 8.97. The van der Waals surface area contributed by atoms with E-state index in [1.807, 2.05) is 26.1 Å². The summed E-state index contributed by atoms with van der Waals surface area (Å²) >= 11 is 0. The van der Waals surface area contributed by atoms with Gasteiger partial charge in [-0.25, -0.2) is 4.39 Å². The molecule has 0 aromatic heterocycles. The maximum atomic E-state index is 12.8. The monoisotopic (exact) mass is 413 g/mol. The number of aryl methyl sites for hydroxylation is 1. The van der Waals surface area contributed by atoms with Gasteiger partial charge < -0.3 is 16.4 Å². The first-order valence-electron chi connectivity index (χ1n) is 10.5. The van der Waals surface area contributed by atoms with Crippen molar-refractivity contribution in [1.29, 1.82) is 0 Å². The molecule has 5 heteroatoms. The van der Waals surface area contributed by atoms with E-state index in [0.29, 0.717) is 17.2 Å². The lowest BCUT2D eigenvalue weighted by atomic mass is 9.96. The second-order valence-electron chi connectivity index (χ2n) is 7.58. The summed E-state index contributed by atoms with van der Waals surface area (Å²) in [5.74, 6) is 0.549. The number of hydrogen-bond donors (Lipinski definition) is 3. The van der Waals surface area contributed by atoms with E-state index < -0.39 is 0 Å². The van der Waals surface area contributed by atoms with Gasteiger partial charge in [-0.2, -0.15) is 0 Å². The van der Waals surface area contributed by atoms with Gasteiger partial charge >= 0.3 is 0 Å².